The number of aromatic amines is 1. The summed E-state index contributed by atoms with van der Waals surface area (Å²) in [5.74, 6) is 0.817. The molecule has 1 aliphatic heterocycles. The summed E-state index contributed by atoms with van der Waals surface area (Å²) in [5, 5.41) is 1.65. The number of carbonyl (C=O) groups is 1. The number of halogens is 1. The number of nitrogens with two attached hydrogens (primary N) is 1. The second-order valence-corrected chi connectivity index (χ2v) is 7.88. The van der Waals surface area contributed by atoms with Gasteiger partial charge in [0.1, 0.15) is 5.75 Å². The van der Waals surface area contributed by atoms with Gasteiger partial charge in [-0.15, -0.1) is 0 Å². The lowest BCUT2D eigenvalue weighted by Gasteiger charge is -2.23. The number of aromatic nitrogens is 1. The Kier molecular flexibility index (Phi) is 4.40. The third kappa shape index (κ3) is 2.99. The van der Waals surface area contributed by atoms with Gasteiger partial charge in [-0.2, -0.15) is 0 Å². The summed E-state index contributed by atoms with van der Waals surface area (Å²) >= 11 is 6.24. The number of nitrogens with one attached hydrogen (secondary N) is 1. The Morgan fingerprint density at radius 2 is 1.83 bits per heavy atom. The van der Waals surface area contributed by atoms with Crippen LogP contribution in [0.1, 0.15) is 22.7 Å². The summed E-state index contributed by atoms with van der Waals surface area (Å²) in [7, 11) is 1.65. The van der Waals surface area contributed by atoms with Crippen LogP contribution in [-0.2, 0) is 6.54 Å². The third-order valence-corrected chi connectivity index (χ3v) is 6.00. The fourth-order valence-electron chi connectivity index (χ4n) is 4.30. The van der Waals surface area contributed by atoms with E-state index in [1.54, 1.807) is 12.0 Å². The van der Waals surface area contributed by atoms with Crippen molar-refractivity contribution in [2.45, 2.75) is 12.6 Å². The van der Waals surface area contributed by atoms with Gasteiger partial charge in [0, 0.05) is 34.2 Å². The van der Waals surface area contributed by atoms with Crippen molar-refractivity contribution in [1.82, 2.24) is 9.88 Å². The number of ether oxygens (including phenoxy) is 1. The molecule has 0 saturated carbocycles. The van der Waals surface area contributed by atoms with Crippen LogP contribution in [0.2, 0.25) is 5.02 Å². The van der Waals surface area contributed by atoms with E-state index in [-0.39, 0.29) is 6.04 Å². The first-order valence-electron chi connectivity index (χ1n) is 9.65. The van der Waals surface area contributed by atoms with E-state index in [1.165, 1.54) is 0 Å². The Hall–Kier alpha value is -3.44. The number of amides is 2. The molecule has 2 amide bonds. The number of rotatable bonds is 3. The molecule has 0 radical (unpaired) electrons. The van der Waals surface area contributed by atoms with Gasteiger partial charge in [-0.3, -0.25) is 0 Å². The van der Waals surface area contributed by atoms with Crippen molar-refractivity contribution in [3.63, 3.8) is 0 Å². The highest BCUT2D eigenvalue weighted by Crippen LogP contribution is 2.42. The predicted molar refractivity (Wildman–Crippen MR) is 119 cm³/mol. The number of H-pyrrole nitrogens is 1. The molecule has 4 aromatic rings. The number of urea groups is 1. The minimum Gasteiger partial charge on any atom is -0.497 e. The van der Waals surface area contributed by atoms with Crippen LogP contribution in [0.3, 0.4) is 0 Å². The summed E-state index contributed by atoms with van der Waals surface area (Å²) < 4.78 is 5.25. The number of carbonyl (C=O) groups excluding carboxylic acids is 1. The van der Waals surface area contributed by atoms with Gasteiger partial charge in [0.15, 0.2) is 0 Å². The SMILES string of the molecule is COc1ccc(-c2ccc3c(c2)CN(C(N)=O)C3c2c[nH]c3ccc(Cl)cc23)cc1. The fraction of sp³-hybridized carbons (Fsp3) is 0.125. The van der Waals surface area contributed by atoms with E-state index in [0.717, 1.165) is 44.5 Å². The highest BCUT2D eigenvalue weighted by Gasteiger charge is 2.35. The Bertz CT molecular complexity index is 1260. The van der Waals surface area contributed by atoms with E-state index in [0.29, 0.717) is 11.6 Å². The van der Waals surface area contributed by atoms with Crippen molar-refractivity contribution in [3.05, 3.63) is 88.6 Å². The number of methoxy groups -OCH3 is 1. The van der Waals surface area contributed by atoms with Gasteiger partial charge in [0.2, 0.25) is 0 Å². The maximum atomic E-state index is 12.3. The molecule has 5 nitrogen and oxygen atoms in total. The topological polar surface area (TPSA) is 71.3 Å². The largest absolute Gasteiger partial charge is 0.497 e. The molecule has 1 aliphatic rings. The molecule has 0 saturated heterocycles. The van der Waals surface area contributed by atoms with E-state index in [9.17, 15) is 4.79 Å². The number of fused-ring (bicyclic) bond motifs is 2. The second kappa shape index (κ2) is 7.11. The van der Waals surface area contributed by atoms with E-state index in [4.69, 9.17) is 22.1 Å². The van der Waals surface area contributed by atoms with Crippen LogP contribution in [0.4, 0.5) is 4.79 Å². The highest BCUT2D eigenvalue weighted by molar-refractivity contribution is 6.31. The third-order valence-electron chi connectivity index (χ3n) is 5.77. The van der Waals surface area contributed by atoms with E-state index in [2.05, 4.69) is 23.2 Å². The molecule has 3 N–H and O–H groups in total. The number of nitrogens with zero attached hydrogens (tertiary/aromatic N) is 1. The summed E-state index contributed by atoms with van der Waals surface area (Å²) in [4.78, 5) is 17.3. The van der Waals surface area contributed by atoms with Crippen LogP contribution >= 0.6 is 11.6 Å². The molecule has 5 rings (SSSR count). The van der Waals surface area contributed by atoms with Gasteiger partial charge in [-0.05, 0) is 58.7 Å². The van der Waals surface area contributed by atoms with Gasteiger partial charge in [0.05, 0.1) is 13.2 Å². The van der Waals surface area contributed by atoms with Gasteiger partial charge in [0.25, 0.3) is 0 Å². The quantitative estimate of drug-likeness (QED) is 0.463. The van der Waals surface area contributed by atoms with Crippen LogP contribution in [-0.4, -0.2) is 23.0 Å². The number of hydrogen-bond acceptors (Lipinski definition) is 2. The Morgan fingerprint density at radius 1 is 1.07 bits per heavy atom. The highest BCUT2D eigenvalue weighted by atomic mass is 35.5. The standard InChI is InChI=1S/C24H20ClN3O2/c1-30-18-6-2-14(3-7-18)15-4-8-19-16(10-15)13-28(24(26)29)23(19)21-12-27-22-9-5-17(25)11-20(21)22/h2-12,23,27H,13H2,1H3,(H2,26,29). The van der Waals surface area contributed by atoms with Crippen LogP contribution in [0, 0.1) is 0 Å². The van der Waals surface area contributed by atoms with E-state index < -0.39 is 6.03 Å². The summed E-state index contributed by atoms with van der Waals surface area (Å²) in [6.07, 6.45) is 1.94. The van der Waals surface area contributed by atoms with Gasteiger partial charge < -0.3 is 20.4 Å². The Morgan fingerprint density at radius 3 is 2.57 bits per heavy atom. The molecular formula is C24H20ClN3O2. The van der Waals surface area contributed by atoms with Crippen molar-refractivity contribution in [1.29, 1.82) is 0 Å². The van der Waals surface area contributed by atoms with Crippen molar-refractivity contribution in [2.75, 3.05) is 7.11 Å². The molecule has 2 heterocycles. The maximum Gasteiger partial charge on any atom is 0.315 e. The van der Waals surface area contributed by atoms with E-state index >= 15 is 0 Å². The number of benzene rings is 3. The van der Waals surface area contributed by atoms with Crippen LogP contribution in [0.5, 0.6) is 5.75 Å². The Labute approximate surface area is 179 Å². The lowest BCUT2D eigenvalue weighted by Crippen LogP contribution is -2.34. The second-order valence-electron chi connectivity index (χ2n) is 7.44. The molecule has 150 valence electrons. The first-order chi connectivity index (χ1) is 14.5. The first-order valence-corrected chi connectivity index (χ1v) is 10.0. The average Bonchev–Trinajstić information content (AvgIpc) is 3.34. The number of primary amides is 1. The summed E-state index contributed by atoms with van der Waals surface area (Å²) in [6, 6.07) is 19.3. The zero-order valence-corrected chi connectivity index (χ0v) is 17.1. The monoisotopic (exact) mass is 417 g/mol. The Balaban J connectivity index is 1.60. The van der Waals surface area contributed by atoms with Gasteiger partial charge >= 0.3 is 6.03 Å². The van der Waals surface area contributed by atoms with Crippen molar-refractivity contribution in [3.8, 4) is 16.9 Å². The molecule has 3 aromatic carbocycles. The molecule has 0 aliphatic carbocycles. The smallest absolute Gasteiger partial charge is 0.315 e. The van der Waals surface area contributed by atoms with Crippen LogP contribution < -0.4 is 10.5 Å². The van der Waals surface area contributed by atoms with E-state index in [1.807, 2.05) is 48.7 Å². The average molecular weight is 418 g/mol. The molecule has 0 spiro atoms. The lowest BCUT2D eigenvalue weighted by molar-refractivity contribution is 0.199. The zero-order chi connectivity index (χ0) is 20.8. The normalized spacial score (nSPS) is 15.4. The first kappa shape index (κ1) is 18.6. The molecule has 1 aromatic heterocycles. The maximum absolute atomic E-state index is 12.3. The fourth-order valence-corrected chi connectivity index (χ4v) is 4.47. The molecule has 0 fully saturated rings. The molecular weight excluding hydrogens is 398 g/mol. The van der Waals surface area contributed by atoms with Crippen molar-refractivity contribution < 1.29 is 9.53 Å². The van der Waals surface area contributed by atoms with Crippen molar-refractivity contribution in [2.24, 2.45) is 5.73 Å². The molecule has 30 heavy (non-hydrogen) atoms. The molecule has 1 unspecified atom stereocenters. The minimum absolute atomic E-state index is 0.255. The molecule has 1 atom stereocenters. The zero-order valence-electron chi connectivity index (χ0n) is 16.4. The molecule has 0 bridgehead atoms. The predicted octanol–water partition coefficient (Wildman–Crippen LogP) is 5.48. The van der Waals surface area contributed by atoms with Gasteiger partial charge in [-0.1, -0.05) is 35.9 Å². The summed E-state index contributed by atoms with van der Waals surface area (Å²) in [5.41, 5.74) is 12.1. The van der Waals surface area contributed by atoms with Crippen LogP contribution in [0.25, 0.3) is 22.0 Å². The lowest BCUT2D eigenvalue weighted by atomic mass is 9.94. The van der Waals surface area contributed by atoms with Crippen LogP contribution in [0.15, 0.2) is 66.9 Å². The summed E-state index contributed by atoms with van der Waals surface area (Å²) in [6.45, 7) is 0.465. The molecule has 6 heteroatoms. The van der Waals surface area contributed by atoms with Gasteiger partial charge in [-0.25, -0.2) is 4.79 Å². The number of hydrogen-bond donors (Lipinski definition) is 2. The minimum atomic E-state index is -0.446. The van der Waals surface area contributed by atoms with Crippen molar-refractivity contribution >= 4 is 28.5 Å².